The molecule has 0 saturated heterocycles. The molecule has 0 fully saturated rings. The van der Waals surface area contributed by atoms with E-state index in [9.17, 15) is 4.79 Å². The van der Waals surface area contributed by atoms with Gasteiger partial charge in [-0.1, -0.05) is 11.6 Å². The van der Waals surface area contributed by atoms with Gasteiger partial charge in [0.25, 0.3) is 0 Å². The molecule has 0 aliphatic rings. The largest absolute Gasteiger partial charge is 0.480 e. The Morgan fingerprint density at radius 3 is 2.95 bits per heavy atom. The second-order valence-corrected chi connectivity index (χ2v) is 4.26. The fourth-order valence-corrected chi connectivity index (χ4v) is 1.55. The minimum absolute atomic E-state index is 0.0358. The highest BCUT2D eigenvalue weighted by Gasteiger charge is 2.10. The Labute approximate surface area is 114 Å². The van der Waals surface area contributed by atoms with Gasteiger partial charge in [-0.2, -0.15) is 0 Å². The summed E-state index contributed by atoms with van der Waals surface area (Å²) in [5.74, 6) is -0.481. The van der Waals surface area contributed by atoms with E-state index >= 15 is 0 Å². The van der Waals surface area contributed by atoms with Gasteiger partial charge in [0.2, 0.25) is 11.8 Å². The first kappa shape index (κ1) is 13.5. The summed E-state index contributed by atoms with van der Waals surface area (Å²) in [6, 6.07) is 5.35. The lowest BCUT2D eigenvalue weighted by Gasteiger charge is -1.99. The summed E-state index contributed by atoms with van der Waals surface area (Å²) in [7, 11) is 0. The van der Waals surface area contributed by atoms with Crippen LogP contribution < -0.4 is 0 Å². The standard InChI is InChI=1S/C12H11ClN2O4/c1-7-4-8(2-3-9(7)13)12-15-14-10(19-12)5-18-6-11(16)17/h2-4H,5-6H2,1H3,(H,16,17). The van der Waals surface area contributed by atoms with Crippen molar-refractivity contribution >= 4 is 17.6 Å². The molecule has 1 aromatic carbocycles. The number of ether oxygens (including phenoxy) is 1. The molecule has 2 rings (SSSR count). The van der Waals surface area contributed by atoms with Crippen molar-refractivity contribution in [1.29, 1.82) is 0 Å². The molecule has 1 N–H and O–H groups in total. The molecule has 100 valence electrons. The van der Waals surface area contributed by atoms with Crippen molar-refractivity contribution in [2.45, 2.75) is 13.5 Å². The molecule has 0 aliphatic heterocycles. The van der Waals surface area contributed by atoms with Gasteiger partial charge in [0.1, 0.15) is 13.2 Å². The van der Waals surface area contributed by atoms with Crippen LogP contribution in [0.25, 0.3) is 11.5 Å². The van der Waals surface area contributed by atoms with Crippen LogP contribution >= 0.6 is 11.6 Å². The van der Waals surface area contributed by atoms with E-state index < -0.39 is 12.6 Å². The number of carbonyl (C=O) groups is 1. The van der Waals surface area contributed by atoms with Gasteiger partial charge >= 0.3 is 5.97 Å². The first-order valence-electron chi connectivity index (χ1n) is 5.44. The van der Waals surface area contributed by atoms with Crippen molar-refractivity contribution in [3.63, 3.8) is 0 Å². The molecule has 6 nitrogen and oxygen atoms in total. The summed E-state index contributed by atoms with van der Waals surface area (Å²) in [4.78, 5) is 10.3. The number of halogens is 1. The van der Waals surface area contributed by atoms with Crippen molar-refractivity contribution in [2.75, 3.05) is 6.61 Å². The zero-order valence-electron chi connectivity index (χ0n) is 10.1. The van der Waals surface area contributed by atoms with Gasteiger partial charge in [0, 0.05) is 10.6 Å². The molecule has 7 heteroatoms. The van der Waals surface area contributed by atoms with Crippen LogP contribution in [0.5, 0.6) is 0 Å². The van der Waals surface area contributed by atoms with Crippen LogP contribution in [0, 0.1) is 6.92 Å². The average Bonchev–Trinajstić information content (AvgIpc) is 2.81. The predicted molar refractivity (Wildman–Crippen MR) is 66.8 cm³/mol. The van der Waals surface area contributed by atoms with Crippen molar-refractivity contribution in [2.24, 2.45) is 0 Å². The van der Waals surface area contributed by atoms with Crippen molar-refractivity contribution < 1.29 is 19.1 Å². The van der Waals surface area contributed by atoms with Gasteiger partial charge in [-0.25, -0.2) is 4.79 Å². The summed E-state index contributed by atoms with van der Waals surface area (Å²) in [6.07, 6.45) is 0. The van der Waals surface area contributed by atoms with E-state index in [4.69, 9.17) is 25.9 Å². The molecule has 2 aromatic rings. The maximum Gasteiger partial charge on any atom is 0.329 e. The molecule has 0 unspecified atom stereocenters. The Kier molecular flexibility index (Phi) is 4.13. The zero-order valence-corrected chi connectivity index (χ0v) is 10.8. The number of hydrogen-bond donors (Lipinski definition) is 1. The minimum atomic E-state index is -1.05. The minimum Gasteiger partial charge on any atom is -0.480 e. The quantitative estimate of drug-likeness (QED) is 0.905. The maximum atomic E-state index is 10.3. The van der Waals surface area contributed by atoms with E-state index in [1.54, 1.807) is 12.1 Å². The fraction of sp³-hybridized carbons (Fsp3) is 0.250. The van der Waals surface area contributed by atoms with Crippen LogP contribution in [-0.4, -0.2) is 27.9 Å². The van der Waals surface area contributed by atoms with Crippen LogP contribution in [0.4, 0.5) is 0 Å². The third-order valence-corrected chi connectivity index (χ3v) is 2.75. The highest BCUT2D eigenvalue weighted by atomic mass is 35.5. The summed E-state index contributed by atoms with van der Waals surface area (Å²) < 4.78 is 10.2. The van der Waals surface area contributed by atoms with Crippen LogP contribution in [0.15, 0.2) is 22.6 Å². The number of aryl methyl sites for hydroxylation is 1. The SMILES string of the molecule is Cc1cc(-c2nnc(COCC(=O)O)o2)ccc1Cl. The molecule has 1 heterocycles. The van der Waals surface area contributed by atoms with Gasteiger partial charge in [-0.15, -0.1) is 10.2 Å². The second kappa shape index (κ2) is 5.81. The van der Waals surface area contributed by atoms with E-state index in [1.165, 1.54) is 0 Å². The lowest BCUT2D eigenvalue weighted by molar-refractivity contribution is -0.142. The van der Waals surface area contributed by atoms with Crippen molar-refractivity contribution in [3.05, 3.63) is 34.7 Å². The van der Waals surface area contributed by atoms with Gasteiger partial charge < -0.3 is 14.3 Å². The fourth-order valence-electron chi connectivity index (χ4n) is 1.43. The number of rotatable bonds is 5. The van der Waals surface area contributed by atoms with E-state index in [0.717, 1.165) is 11.1 Å². The summed E-state index contributed by atoms with van der Waals surface area (Å²) >= 11 is 5.93. The highest BCUT2D eigenvalue weighted by Crippen LogP contribution is 2.23. The number of aromatic nitrogens is 2. The third kappa shape index (κ3) is 3.52. The molecule has 0 aliphatic carbocycles. The number of carboxylic acids is 1. The van der Waals surface area contributed by atoms with Crippen molar-refractivity contribution in [3.8, 4) is 11.5 Å². The van der Waals surface area contributed by atoms with Crippen LogP contribution in [0.3, 0.4) is 0 Å². The van der Waals surface area contributed by atoms with Gasteiger partial charge in [-0.3, -0.25) is 0 Å². The monoisotopic (exact) mass is 282 g/mol. The molecule has 0 amide bonds. The van der Waals surface area contributed by atoms with E-state index in [1.807, 2.05) is 13.0 Å². The molecule has 0 bridgehead atoms. The van der Waals surface area contributed by atoms with Crippen LogP contribution in [0.1, 0.15) is 11.5 Å². The highest BCUT2D eigenvalue weighted by molar-refractivity contribution is 6.31. The van der Waals surface area contributed by atoms with E-state index in [0.29, 0.717) is 10.9 Å². The van der Waals surface area contributed by atoms with Gasteiger partial charge in [0.05, 0.1) is 0 Å². The number of carboxylic acid groups (broad SMARTS) is 1. The van der Waals surface area contributed by atoms with Crippen LogP contribution in [0.2, 0.25) is 5.02 Å². The van der Waals surface area contributed by atoms with E-state index in [2.05, 4.69) is 10.2 Å². The zero-order chi connectivity index (χ0) is 13.8. The molecule has 1 aromatic heterocycles. The normalized spacial score (nSPS) is 10.6. The number of hydrogen-bond acceptors (Lipinski definition) is 5. The maximum absolute atomic E-state index is 10.3. The Balaban J connectivity index is 2.07. The van der Waals surface area contributed by atoms with E-state index in [-0.39, 0.29) is 12.5 Å². The van der Waals surface area contributed by atoms with Gasteiger partial charge in [-0.05, 0) is 30.7 Å². The number of nitrogens with zero attached hydrogens (tertiary/aromatic N) is 2. The van der Waals surface area contributed by atoms with Gasteiger partial charge in [0.15, 0.2) is 0 Å². The van der Waals surface area contributed by atoms with Crippen molar-refractivity contribution in [1.82, 2.24) is 10.2 Å². The second-order valence-electron chi connectivity index (χ2n) is 3.85. The first-order valence-corrected chi connectivity index (χ1v) is 5.82. The Morgan fingerprint density at radius 1 is 1.47 bits per heavy atom. The third-order valence-electron chi connectivity index (χ3n) is 2.32. The molecule has 0 radical (unpaired) electrons. The van der Waals surface area contributed by atoms with Crippen LogP contribution in [-0.2, 0) is 16.1 Å². The summed E-state index contributed by atoms with van der Waals surface area (Å²) in [5, 5.41) is 16.7. The number of benzene rings is 1. The lowest BCUT2D eigenvalue weighted by Crippen LogP contribution is -2.06. The topological polar surface area (TPSA) is 85.5 Å². The molecule has 0 atom stereocenters. The molecular formula is C12H11ClN2O4. The smallest absolute Gasteiger partial charge is 0.329 e. The Hall–Kier alpha value is -1.92. The molecule has 19 heavy (non-hydrogen) atoms. The summed E-state index contributed by atoms with van der Waals surface area (Å²) in [5.41, 5.74) is 1.65. The number of aliphatic carboxylic acids is 1. The first-order chi connectivity index (χ1) is 9.06. The Morgan fingerprint density at radius 2 is 2.26 bits per heavy atom. The predicted octanol–water partition coefficient (Wildman–Crippen LogP) is 2.30. The Bertz CT molecular complexity index is 597. The molecule has 0 spiro atoms. The molecular weight excluding hydrogens is 272 g/mol. The average molecular weight is 283 g/mol. The molecule has 0 saturated carbocycles. The lowest BCUT2D eigenvalue weighted by atomic mass is 10.1. The summed E-state index contributed by atoms with van der Waals surface area (Å²) in [6.45, 7) is 1.43.